The van der Waals surface area contributed by atoms with Gasteiger partial charge in [-0.3, -0.25) is 9.59 Å². The number of likely N-dealkylation sites (tertiary alicyclic amines) is 1. The van der Waals surface area contributed by atoms with Crippen LogP contribution in [0.3, 0.4) is 0 Å². The molecular weight excluding hydrogens is 406 g/mol. The van der Waals surface area contributed by atoms with E-state index in [-0.39, 0.29) is 17.4 Å². The molecule has 2 aliphatic rings. The standard InChI is InChI=1S/C21H29N3O3S2/c1-13(2)16-9-15-19(26)22-17(23-20(15)29-16)11-28-12-18(25)24-8-7-21(27)6-4-3-5-14(21)10-24/h9,13-14,27H,3-8,10-12H2,1-2H3,(H,22,23,26)/t14-,21-/m0/s1. The second kappa shape index (κ2) is 8.40. The third-order valence-corrected chi connectivity index (χ3v) is 8.54. The average Bonchev–Trinajstić information content (AvgIpc) is 3.12. The molecule has 0 bridgehead atoms. The van der Waals surface area contributed by atoms with Gasteiger partial charge < -0.3 is 15.0 Å². The molecule has 0 radical (unpaired) electrons. The van der Waals surface area contributed by atoms with E-state index in [0.29, 0.717) is 48.1 Å². The molecule has 2 atom stereocenters. The van der Waals surface area contributed by atoms with E-state index in [0.717, 1.165) is 35.4 Å². The SMILES string of the molecule is CC(C)c1cc2c(=O)[nH]c(CSCC(=O)N3CC[C@@]4(O)CCCC[C@H]4C3)nc2s1. The highest BCUT2D eigenvalue weighted by Crippen LogP contribution is 2.39. The predicted molar refractivity (Wildman–Crippen MR) is 119 cm³/mol. The van der Waals surface area contributed by atoms with Crippen LogP contribution in [0.5, 0.6) is 0 Å². The Morgan fingerprint density at radius 3 is 3.07 bits per heavy atom. The van der Waals surface area contributed by atoms with E-state index in [2.05, 4.69) is 23.8 Å². The van der Waals surface area contributed by atoms with Gasteiger partial charge in [-0.25, -0.2) is 4.98 Å². The number of rotatable bonds is 5. The molecule has 0 aromatic carbocycles. The molecule has 1 aliphatic heterocycles. The molecule has 6 nitrogen and oxygen atoms in total. The number of hydrogen-bond donors (Lipinski definition) is 2. The molecule has 1 amide bonds. The summed E-state index contributed by atoms with van der Waals surface area (Å²) in [4.78, 5) is 36.3. The van der Waals surface area contributed by atoms with Gasteiger partial charge in [0, 0.05) is 23.9 Å². The first-order chi connectivity index (χ1) is 13.9. The van der Waals surface area contributed by atoms with E-state index >= 15 is 0 Å². The fraction of sp³-hybridized carbons (Fsp3) is 0.667. The highest BCUT2D eigenvalue weighted by Gasteiger charge is 2.43. The smallest absolute Gasteiger partial charge is 0.259 e. The minimum atomic E-state index is -0.559. The lowest BCUT2D eigenvalue weighted by Gasteiger charge is -2.47. The van der Waals surface area contributed by atoms with Crippen molar-refractivity contribution in [1.29, 1.82) is 0 Å². The average molecular weight is 436 g/mol. The van der Waals surface area contributed by atoms with Gasteiger partial charge in [0.25, 0.3) is 5.56 Å². The van der Waals surface area contributed by atoms with Crippen LogP contribution in [0.4, 0.5) is 0 Å². The number of carbonyl (C=O) groups is 1. The number of carbonyl (C=O) groups excluding carboxylic acids is 1. The molecule has 8 heteroatoms. The third-order valence-electron chi connectivity index (χ3n) is 6.28. The van der Waals surface area contributed by atoms with Crippen LogP contribution in [-0.2, 0) is 10.5 Å². The van der Waals surface area contributed by atoms with Gasteiger partial charge in [0.1, 0.15) is 10.7 Å². The molecule has 1 saturated carbocycles. The van der Waals surface area contributed by atoms with E-state index in [9.17, 15) is 14.7 Å². The van der Waals surface area contributed by atoms with Crippen LogP contribution >= 0.6 is 23.1 Å². The fourth-order valence-electron chi connectivity index (χ4n) is 4.47. The first kappa shape index (κ1) is 20.9. The van der Waals surface area contributed by atoms with Crippen molar-refractivity contribution in [2.75, 3.05) is 18.8 Å². The molecule has 2 aromatic rings. The number of fused-ring (bicyclic) bond motifs is 2. The van der Waals surface area contributed by atoms with Crippen LogP contribution in [-0.4, -0.2) is 50.3 Å². The van der Waals surface area contributed by atoms with Crippen LogP contribution in [0.25, 0.3) is 10.2 Å². The Kier molecular flexibility index (Phi) is 6.04. The second-order valence-electron chi connectivity index (χ2n) is 8.66. The minimum absolute atomic E-state index is 0.104. The lowest BCUT2D eigenvalue weighted by Crippen LogP contribution is -2.55. The van der Waals surface area contributed by atoms with Gasteiger partial charge in [-0.1, -0.05) is 26.7 Å². The quantitative estimate of drug-likeness (QED) is 0.751. The number of nitrogens with zero attached hydrogens (tertiary/aromatic N) is 2. The number of aromatic amines is 1. The second-order valence-corrected chi connectivity index (χ2v) is 10.7. The molecule has 1 saturated heterocycles. The van der Waals surface area contributed by atoms with Crippen LogP contribution in [0.1, 0.15) is 62.6 Å². The van der Waals surface area contributed by atoms with Crippen LogP contribution < -0.4 is 5.56 Å². The van der Waals surface area contributed by atoms with Crippen molar-refractivity contribution in [2.45, 2.75) is 63.2 Å². The summed E-state index contributed by atoms with van der Waals surface area (Å²) in [5.74, 6) is 2.20. The number of thioether (sulfide) groups is 1. The zero-order chi connectivity index (χ0) is 20.6. The summed E-state index contributed by atoms with van der Waals surface area (Å²) in [5.41, 5.74) is -0.663. The van der Waals surface area contributed by atoms with Gasteiger partial charge in [0.2, 0.25) is 5.91 Å². The Balaban J connectivity index is 1.34. The monoisotopic (exact) mass is 435 g/mol. The van der Waals surface area contributed by atoms with E-state index in [1.807, 2.05) is 11.0 Å². The number of aliphatic hydroxyl groups is 1. The minimum Gasteiger partial charge on any atom is -0.389 e. The molecule has 3 heterocycles. The summed E-state index contributed by atoms with van der Waals surface area (Å²) in [6.07, 6.45) is 4.81. The molecule has 1 aliphatic carbocycles. The van der Waals surface area contributed by atoms with Crippen molar-refractivity contribution in [1.82, 2.24) is 14.9 Å². The van der Waals surface area contributed by atoms with E-state index in [1.165, 1.54) is 11.8 Å². The lowest BCUT2D eigenvalue weighted by atomic mass is 9.71. The summed E-state index contributed by atoms with van der Waals surface area (Å²) < 4.78 is 0. The lowest BCUT2D eigenvalue weighted by molar-refractivity contribution is -0.140. The maximum atomic E-state index is 12.7. The molecule has 158 valence electrons. The Morgan fingerprint density at radius 2 is 2.28 bits per heavy atom. The topological polar surface area (TPSA) is 86.3 Å². The van der Waals surface area contributed by atoms with Gasteiger partial charge >= 0.3 is 0 Å². The van der Waals surface area contributed by atoms with Crippen molar-refractivity contribution in [3.8, 4) is 0 Å². The normalized spacial score (nSPS) is 24.8. The molecule has 0 spiro atoms. The number of thiophene rings is 1. The van der Waals surface area contributed by atoms with E-state index < -0.39 is 5.60 Å². The van der Waals surface area contributed by atoms with Crippen LogP contribution in [0.15, 0.2) is 10.9 Å². The summed E-state index contributed by atoms with van der Waals surface area (Å²) in [6.45, 7) is 5.52. The summed E-state index contributed by atoms with van der Waals surface area (Å²) in [6, 6.07) is 1.93. The highest BCUT2D eigenvalue weighted by molar-refractivity contribution is 7.99. The Bertz CT molecular complexity index is 954. The fourth-order valence-corrected chi connectivity index (χ4v) is 6.31. The molecule has 2 fully saturated rings. The molecule has 0 unspecified atom stereocenters. The van der Waals surface area contributed by atoms with E-state index in [4.69, 9.17) is 0 Å². The van der Waals surface area contributed by atoms with Gasteiger partial charge in [-0.2, -0.15) is 0 Å². The summed E-state index contributed by atoms with van der Waals surface area (Å²) in [7, 11) is 0. The first-order valence-electron chi connectivity index (χ1n) is 10.5. The first-order valence-corrected chi connectivity index (χ1v) is 12.4. The van der Waals surface area contributed by atoms with Gasteiger partial charge in [-0.05, 0) is 31.2 Å². The number of aromatic nitrogens is 2. The number of nitrogens with one attached hydrogen (secondary N) is 1. The zero-order valence-corrected chi connectivity index (χ0v) is 18.7. The molecule has 4 rings (SSSR count). The summed E-state index contributed by atoms with van der Waals surface area (Å²) >= 11 is 3.05. The molecule has 2 aromatic heterocycles. The maximum Gasteiger partial charge on any atom is 0.259 e. The van der Waals surface area contributed by atoms with Crippen molar-refractivity contribution >= 4 is 39.2 Å². The number of piperidine rings is 1. The largest absolute Gasteiger partial charge is 0.389 e. The van der Waals surface area contributed by atoms with Crippen LogP contribution in [0, 0.1) is 5.92 Å². The maximum absolute atomic E-state index is 12.7. The van der Waals surface area contributed by atoms with Gasteiger partial charge in [0.15, 0.2) is 0 Å². The Hall–Kier alpha value is -1.38. The van der Waals surface area contributed by atoms with Crippen molar-refractivity contribution in [3.63, 3.8) is 0 Å². The number of H-pyrrole nitrogens is 1. The Labute approximate surface area is 179 Å². The number of hydrogen-bond acceptors (Lipinski definition) is 6. The highest BCUT2D eigenvalue weighted by atomic mass is 32.2. The van der Waals surface area contributed by atoms with Crippen molar-refractivity contribution in [2.24, 2.45) is 5.92 Å². The zero-order valence-electron chi connectivity index (χ0n) is 17.1. The Morgan fingerprint density at radius 1 is 1.45 bits per heavy atom. The number of amides is 1. The molecular formula is C21H29N3O3S2. The van der Waals surface area contributed by atoms with Gasteiger partial charge in [0.05, 0.1) is 22.5 Å². The van der Waals surface area contributed by atoms with Crippen molar-refractivity contribution < 1.29 is 9.90 Å². The predicted octanol–water partition coefficient (Wildman–Crippen LogP) is 3.49. The third kappa shape index (κ3) is 4.39. The van der Waals surface area contributed by atoms with E-state index in [1.54, 1.807) is 11.3 Å². The van der Waals surface area contributed by atoms with Crippen LogP contribution in [0.2, 0.25) is 0 Å². The molecule has 29 heavy (non-hydrogen) atoms. The van der Waals surface area contributed by atoms with Crippen molar-refractivity contribution in [3.05, 3.63) is 27.1 Å². The van der Waals surface area contributed by atoms with Gasteiger partial charge in [-0.15, -0.1) is 23.1 Å². The summed E-state index contributed by atoms with van der Waals surface area (Å²) in [5, 5.41) is 11.4. The molecule has 2 N–H and O–H groups in total.